The van der Waals surface area contributed by atoms with E-state index in [9.17, 15) is 4.79 Å². The van der Waals surface area contributed by atoms with E-state index in [1.165, 1.54) is 30.4 Å². The number of amides is 1. The van der Waals surface area contributed by atoms with Crippen molar-refractivity contribution in [1.29, 1.82) is 0 Å². The Morgan fingerprint density at radius 3 is 2.79 bits per heavy atom. The molecule has 0 atom stereocenters. The summed E-state index contributed by atoms with van der Waals surface area (Å²) in [7, 11) is 0. The molecule has 0 saturated heterocycles. The third-order valence-corrected chi connectivity index (χ3v) is 3.48. The number of aryl methyl sites for hydroxylation is 2. The van der Waals surface area contributed by atoms with Crippen molar-refractivity contribution in [3.05, 3.63) is 34.9 Å². The molecule has 4 heteroatoms. The van der Waals surface area contributed by atoms with E-state index in [1.807, 2.05) is 0 Å². The number of halogens is 1. The highest BCUT2D eigenvalue weighted by Gasteiger charge is 2.11. The predicted octanol–water partition coefficient (Wildman–Crippen LogP) is 1.99. The van der Waals surface area contributed by atoms with Crippen LogP contribution >= 0.6 is 12.4 Å². The molecule has 0 heterocycles. The van der Waals surface area contributed by atoms with Crippen molar-refractivity contribution in [2.24, 2.45) is 5.73 Å². The van der Waals surface area contributed by atoms with Gasteiger partial charge >= 0.3 is 0 Å². The van der Waals surface area contributed by atoms with E-state index in [2.05, 4.69) is 23.5 Å². The Bertz CT molecular complexity index is 421. The summed E-state index contributed by atoms with van der Waals surface area (Å²) in [6.45, 7) is 1.43. The second kappa shape index (κ2) is 8.18. The van der Waals surface area contributed by atoms with Gasteiger partial charge in [0.25, 0.3) is 0 Å². The van der Waals surface area contributed by atoms with E-state index >= 15 is 0 Å². The largest absolute Gasteiger partial charge is 0.356 e. The van der Waals surface area contributed by atoms with E-state index in [-0.39, 0.29) is 18.3 Å². The van der Waals surface area contributed by atoms with Crippen molar-refractivity contribution in [3.8, 4) is 0 Å². The predicted molar refractivity (Wildman–Crippen MR) is 80.7 cm³/mol. The standard InChI is InChI=1S/C15H22N2O.ClH/c16-8-1-2-9-17-15(18)11-12-6-7-13-4-3-5-14(13)10-12;/h6-7,10H,1-5,8-9,11,16H2,(H,17,18);1H. The third kappa shape index (κ3) is 4.84. The normalized spacial score (nSPS) is 12.7. The van der Waals surface area contributed by atoms with Crippen molar-refractivity contribution in [2.45, 2.75) is 38.5 Å². The summed E-state index contributed by atoms with van der Waals surface area (Å²) in [5, 5.41) is 2.94. The average molecular weight is 283 g/mol. The fourth-order valence-electron chi connectivity index (χ4n) is 2.48. The van der Waals surface area contributed by atoms with Gasteiger partial charge < -0.3 is 11.1 Å². The van der Waals surface area contributed by atoms with Crippen LogP contribution in [0.25, 0.3) is 0 Å². The van der Waals surface area contributed by atoms with Crippen molar-refractivity contribution >= 4 is 18.3 Å². The molecular weight excluding hydrogens is 260 g/mol. The number of nitrogens with one attached hydrogen (secondary N) is 1. The van der Waals surface area contributed by atoms with E-state index < -0.39 is 0 Å². The number of benzene rings is 1. The highest BCUT2D eigenvalue weighted by molar-refractivity contribution is 5.85. The lowest BCUT2D eigenvalue weighted by atomic mass is 10.0. The van der Waals surface area contributed by atoms with Crippen LogP contribution in [0, 0.1) is 0 Å². The minimum Gasteiger partial charge on any atom is -0.356 e. The smallest absolute Gasteiger partial charge is 0.224 e. The van der Waals surface area contributed by atoms with Gasteiger partial charge in [-0.05, 0) is 55.3 Å². The molecule has 1 amide bonds. The Morgan fingerprint density at radius 1 is 1.21 bits per heavy atom. The molecule has 3 N–H and O–H groups in total. The Balaban J connectivity index is 0.00000180. The number of carbonyl (C=O) groups is 1. The fraction of sp³-hybridized carbons (Fsp3) is 0.533. The van der Waals surface area contributed by atoms with Gasteiger partial charge in [-0.25, -0.2) is 0 Å². The number of carbonyl (C=O) groups excluding carboxylic acids is 1. The lowest BCUT2D eigenvalue weighted by Crippen LogP contribution is -2.26. The molecular formula is C15H23ClN2O. The number of nitrogens with two attached hydrogens (primary N) is 1. The molecule has 0 bridgehead atoms. The monoisotopic (exact) mass is 282 g/mol. The van der Waals surface area contributed by atoms with Gasteiger partial charge in [0.1, 0.15) is 0 Å². The molecule has 2 rings (SSSR count). The lowest BCUT2D eigenvalue weighted by Gasteiger charge is -2.06. The molecule has 3 nitrogen and oxygen atoms in total. The summed E-state index contributed by atoms with van der Waals surface area (Å²) in [6, 6.07) is 6.46. The van der Waals surface area contributed by atoms with Crippen LogP contribution < -0.4 is 11.1 Å². The van der Waals surface area contributed by atoms with Crippen LogP contribution in [0.5, 0.6) is 0 Å². The van der Waals surface area contributed by atoms with Crippen LogP contribution in [0.4, 0.5) is 0 Å². The van der Waals surface area contributed by atoms with Crippen LogP contribution in [-0.2, 0) is 24.1 Å². The molecule has 0 aromatic heterocycles. The quantitative estimate of drug-likeness (QED) is 0.784. The molecule has 0 aliphatic heterocycles. The molecule has 0 spiro atoms. The van der Waals surface area contributed by atoms with Gasteiger partial charge in [-0.15, -0.1) is 12.4 Å². The molecule has 19 heavy (non-hydrogen) atoms. The van der Waals surface area contributed by atoms with Crippen LogP contribution in [0.3, 0.4) is 0 Å². The van der Waals surface area contributed by atoms with Crippen molar-refractivity contribution < 1.29 is 4.79 Å². The van der Waals surface area contributed by atoms with Gasteiger partial charge in [-0.1, -0.05) is 18.2 Å². The second-order valence-electron chi connectivity index (χ2n) is 4.98. The number of unbranched alkanes of at least 4 members (excludes halogenated alkanes) is 1. The SMILES string of the molecule is Cl.NCCCCNC(=O)Cc1ccc2c(c1)CCC2. The van der Waals surface area contributed by atoms with E-state index in [4.69, 9.17) is 5.73 Å². The Labute approximate surface area is 121 Å². The zero-order valence-electron chi connectivity index (χ0n) is 11.3. The first-order valence-electron chi connectivity index (χ1n) is 6.87. The van der Waals surface area contributed by atoms with Gasteiger partial charge in [0.15, 0.2) is 0 Å². The van der Waals surface area contributed by atoms with Crippen LogP contribution in [0.1, 0.15) is 36.0 Å². The van der Waals surface area contributed by atoms with Gasteiger partial charge in [0.2, 0.25) is 5.91 Å². The van der Waals surface area contributed by atoms with Gasteiger partial charge in [-0.2, -0.15) is 0 Å². The summed E-state index contributed by atoms with van der Waals surface area (Å²) in [4.78, 5) is 11.7. The van der Waals surface area contributed by atoms with E-state index in [0.29, 0.717) is 13.0 Å². The number of fused-ring (bicyclic) bond motifs is 1. The Kier molecular flexibility index (Phi) is 6.89. The zero-order valence-corrected chi connectivity index (χ0v) is 12.1. The Morgan fingerprint density at radius 2 is 2.00 bits per heavy atom. The van der Waals surface area contributed by atoms with E-state index in [1.54, 1.807) is 0 Å². The fourth-order valence-corrected chi connectivity index (χ4v) is 2.48. The molecule has 0 radical (unpaired) electrons. The maximum atomic E-state index is 11.7. The minimum absolute atomic E-state index is 0. The van der Waals surface area contributed by atoms with Gasteiger partial charge in [-0.3, -0.25) is 4.79 Å². The summed E-state index contributed by atoms with van der Waals surface area (Å²) in [6.07, 6.45) is 6.05. The molecule has 0 saturated carbocycles. The second-order valence-corrected chi connectivity index (χ2v) is 4.98. The minimum atomic E-state index is 0. The number of hydrogen-bond donors (Lipinski definition) is 2. The van der Waals surface area contributed by atoms with E-state index in [0.717, 1.165) is 24.9 Å². The Hall–Kier alpha value is -1.06. The lowest BCUT2D eigenvalue weighted by molar-refractivity contribution is -0.120. The zero-order chi connectivity index (χ0) is 12.8. The third-order valence-electron chi connectivity index (χ3n) is 3.48. The summed E-state index contributed by atoms with van der Waals surface area (Å²) < 4.78 is 0. The molecule has 0 unspecified atom stereocenters. The first-order chi connectivity index (χ1) is 8.79. The van der Waals surface area contributed by atoms with Crippen molar-refractivity contribution in [1.82, 2.24) is 5.32 Å². The molecule has 1 aliphatic rings. The topological polar surface area (TPSA) is 55.1 Å². The highest BCUT2D eigenvalue weighted by atomic mass is 35.5. The van der Waals surface area contributed by atoms with Crippen LogP contribution in [0.15, 0.2) is 18.2 Å². The maximum Gasteiger partial charge on any atom is 0.224 e. The number of rotatable bonds is 6. The average Bonchev–Trinajstić information content (AvgIpc) is 2.82. The summed E-state index contributed by atoms with van der Waals surface area (Å²) >= 11 is 0. The van der Waals surface area contributed by atoms with Crippen LogP contribution in [0.2, 0.25) is 0 Å². The van der Waals surface area contributed by atoms with Gasteiger partial charge in [0.05, 0.1) is 6.42 Å². The molecule has 1 aromatic rings. The molecule has 0 fully saturated rings. The molecule has 1 aromatic carbocycles. The van der Waals surface area contributed by atoms with Gasteiger partial charge in [0, 0.05) is 6.54 Å². The molecule has 106 valence electrons. The molecule has 1 aliphatic carbocycles. The first kappa shape index (κ1) is 16.0. The highest BCUT2D eigenvalue weighted by Crippen LogP contribution is 2.22. The summed E-state index contributed by atoms with van der Waals surface area (Å²) in [5.74, 6) is 0.116. The van der Waals surface area contributed by atoms with Crippen molar-refractivity contribution in [2.75, 3.05) is 13.1 Å². The summed E-state index contributed by atoms with van der Waals surface area (Å²) in [5.41, 5.74) is 9.43. The maximum absolute atomic E-state index is 11.7. The van der Waals surface area contributed by atoms with Crippen molar-refractivity contribution in [3.63, 3.8) is 0 Å². The number of hydrogen-bond acceptors (Lipinski definition) is 2. The first-order valence-corrected chi connectivity index (χ1v) is 6.87. The van der Waals surface area contributed by atoms with Crippen LogP contribution in [-0.4, -0.2) is 19.0 Å².